The van der Waals surface area contributed by atoms with Crippen molar-refractivity contribution in [3.05, 3.63) is 0 Å². The van der Waals surface area contributed by atoms with E-state index in [9.17, 15) is 5.11 Å². The van der Waals surface area contributed by atoms with Crippen LogP contribution in [0, 0.1) is 0 Å². The lowest BCUT2D eigenvalue weighted by atomic mass is 10.0. The van der Waals surface area contributed by atoms with Gasteiger partial charge in [0.05, 0.1) is 5.44 Å². The van der Waals surface area contributed by atoms with Gasteiger partial charge in [0.15, 0.2) is 0 Å². The fourth-order valence-corrected chi connectivity index (χ4v) is 4.66. The highest BCUT2D eigenvalue weighted by atomic mass is 32.2. The van der Waals surface area contributed by atoms with Gasteiger partial charge in [-0.3, -0.25) is 0 Å². The Morgan fingerprint density at radius 2 is 0.815 bits per heavy atom. The minimum atomic E-state index is -0.115. The minimum Gasteiger partial charge on any atom is -0.382 e. The first kappa shape index (κ1) is 27.3. The van der Waals surface area contributed by atoms with Gasteiger partial charge in [0.1, 0.15) is 0 Å². The molecule has 1 nitrogen and oxygen atoms in total. The molecule has 0 rings (SSSR count). The highest BCUT2D eigenvalue weighted by Crippen LogP contribution is 2.18. The van der Waals surface area contributed by atoms with Gasteiger partial charge >= 0.3 is 0 Å². The first-order valence-corrected chi connectivity index (χ1v) is 13.7. The summed E-state index contributed by atoms with van der Waals surface area (Å²) in [5.74, 6) is 1.14. The molecule has 27 heavy (non-hydrogen) atoms. The molecule has 0 aliphatic rings. The van der Waals surface area contributed by atoms with Gasteiger partial charge in [-0.25, -0.2) is 0 Å². The van der Waals surface area contributed by atoms with Crippen LogP contribution < -0.4 is 0 Å². The van der Waals surface area contributed by atoms with Crippen LogP contribution in [0.15, 0.2) is 0 Å². The van der Waals surface area contributed by atoms with Crippen LogP contribution in [-0.4, -0.2) is 16.3 Å². The van der Waals surface area contributed by atoms with Crippen LogP contribution in [-0.2, 0) is 0 Å². The Bertz CT molecular complexity index is 257. The molecule has 0 spiro atoms. The molecule has 0 saturated heterocycles. The zero-order chi connectivity index (χ0) is 19.8. The molecule has 2 heteroatoms. The zero-order valence-corrected chi connectivity index (χ0v) is 19.8. The Hall–Kier alpha value is 0.310. The topological polar surface area (TPSA) is 20.2 Å². The van der Waals surface area contributed by atoms with Crippen molar-refractivity contribution in [3.63, 3.8) is 0 Å². The van der Waals surface area contributed by atoms with Gasteiger partial charge in [-0.15, -0.1) is 11.8 Å². The van der Waals surface area contributed by atoms with E-state index < -0.39 is 0 Å². The fourth-order valence-electron chi connectivity index (χ4n) is 3.69. The van der Waals surface area contributed by atoms with Crippen LogP contribution in [0.25, 0.3) is 0 Å². The summed E-state index contributed by atoms with van der Waals surface area (Å²) in [5.41, 5.74) is -0.115. The van der Waals surface area contributed by atoms with Gasteiger partial charge in [-0.05, 0) is 18.6 Å². The predicted molar refractivity (Wildman–Crippen MR) is 127 cm³/mol. The molecular formula is C25H52OS. The maximum atomic E-state index is 9.79. The number of hydrogen-bond donors (Lipinski definition) is 1. The van der Waals surface area contributed by atoms with Crippen molar-refractivity contribution in [2.75, 3.05) is 5.75 Å². The van der Waals surface area contributed by atoms with Gasteiger partial charge < -0.3 is 5.11 Å². The Labute approximate surface area is 176 Å². The maximum absolute atomic E-state index is 9.79. The standard InChI is InChI=1S/C25H52OS/c1-3-5-7-8-9-10-11-12-13-14-15-16-17-18-19-20-21-22-24-27-25(26)23-6-4-2/h25-26H,3-24H2,1-2H3. The summed E-state index contributed by atoms with van der Waals surface area (Å²) in [4.78, 5) is 0. The van der Waals surface area contributed by atoms with E-state index in [2.05, 4.69) is 13.8 Å². The number of unbranched alkanes of at least 4 members (excludes halogenated alkanes) is 18. The molecule has 0 aliphatic heterocycles. The normalized spacial score (nSPS) is 12.6. The van der Waals surface area contributed by atoms with E-state index in [1.165, 1.54) is 122 Å². The van der Waals surface area contributed by atoms with Crippen molar-refractivity contribution in [1.29, 1.82) is 0 Å². The molecule has 0 aliphatic carbocycles. The van der Waals surface area contributed by atoms with Crippen molar-refractivity contribution in [3.8, 4) is 0 Å². The van der Waals surface area contributed by atoms with Gasteiger partial charge in [-0.2, -0.15) is 0 Å². The lowest BCUT2D eigenvalue weighted by molar-refractivity contribution is 0.249. The van der Waals surface area contributed by atoms with Crippen LogP contribution in [0.4, 0.5) is 0 Å². The van der Waals surface area contributed by atoms with Crippen molar-refractivity contribution in [2.24, 2.45) is 0 Å². The molecule has 1 unspecified atom stereocenters. The third kappa shape index (κ3) is 24.3. The number of rotatable bonds is 23. The summed E-state index contributed by atoms with van der Waals surface area (Å²) < 4.78 is 0. The summed E-state index contributed by atoms with van der Waals surface area (Å²) in [6, 6.07) is 0. The van der Waals surface area contributed by atoms with E-state index >= 15 is 0 Å². The second-order valence-corrected chi connectivity index (χ2v) is 9.76. The molecule has 0 heterocycles. The largest absolute Gasteiger partial charge is 0.382 e. The van der Waals surface area contributed by atoms with Crippen molar-refractivity contribution < 1.29 is 5.11 Å². The first-order valence-electron chi connectivity index (χ1n) is 12.6. The summed E-state index contributed by atoms with van der Waals surface area (Å²) in [5, 5.41) is 9.79. The Kier molecular flexibility index (Phi) is 24.6. The third-order valence-electron chi connectivity index (χ3n) is 5.61. The number of aliphatic hydroxyl groups excluding tert-OH is 1. The molecule has 0 aromatic heterocycles. The van der Waals surface area contributed by atoms with Gasteiger partial charge in [-0.1, -0.05) is 136 Å². The van der Waals surface area contributed by atoms with Gasteiger partial charge in [0.2, 0.25) is 0 Å². The van der Waals surface area contributed by atoms with Crippen molar-refractivity contribution >= 4 is 11.8 Å². The van der Waals surface area contributed by atoms with E-state index in [0.29, 0.717) is 0 Å². The monoisotopic (exact) mass is 400 g/mol. The van der Waals surface area contributed by atoms with Crippen molar-refractivity contribution in [2.45, 2.75) is 154 Å². The second kappa shape index (κ2) is 24.3. The molecule has 0 amide bonds. The molecule has 164 valence electrons. The lowest BCUT2D eigenvalue weighted by Gasteiger charge is -2.09. The van der Waals surface area contributed by atoms with Gasteiger partial charge in [0, 0.05) is 0 Å². The average Bonchev–Trinajstić information content (AvgIpc) is 2.68. The summed E-state index contributed by atoms with van der Waals surface area (Å²) in [6.07, 6.45) is 29.1. The van der Waals surface area contributed by atoms with Crippen LogP contribution in [0.3, 0.4) is 0 Å². The molecule has 1 N–H and O–H groups in total. The van der Waals surface area contributed by atoms with E-state index in [4.69, 9.17) is 0 Å². The maximum Gasteiger partial charge on any atom is 0.0992 e. The number of aliphatic hydroxyl groups is 1. The molecule has 1 atom stereocenters. The van der Waals surface area contributed by atoms with E-state index in [1.807, 2.05) is 0 Å². The van der Waals surface area contributed by atoms with Crippen molar-refractivity contribution in [1.82, 2.24) is 0 Å². The lowest BCUT2D eigenvalue weighted by Crippen LogP contribution is -2.01. The average molecular weight is 401 g/mol. The molecule has 0 saturated carbocycles. The Morgan fingerprint density at radius 1 is 0.481 bits per heavy atom. The molecule has 0 radical (unpaired) electrons. The predicted octanol–water partition coefficient (Wildman–Crippen LogP) is 9.27. The summed E-state index contributed by atoms with van der Waals surface area (Å²) in [7, 11) is 0. The SMILES string of the molecule is CCCCCCCCCCCCCCCCCCCCSC(O)CCCC. The molecule has 0 fully saturated rings. The van der Waals surface area contributed by atoms with Crippen LogP contribution in [0.2, 0.25) is 0 Å². The highest BCUT2D eigenvalue weighted by molar-refractivity contribution is 7.99. The summed E-state index contributed by atoms with van der Waals surface area (Å²) in [6.45, 7) is 4.48. The first-order chi connectivity index (χ1) is 13.3. The highest BCUT2D eigenvalue weighted by Gasteiger charge is 2.02. The van der Waals surface area contributed by atoms with Crippen LogP contribution >= 0.6 is 11.8 Å². The van der Waals surface area contributed by atoms with Gasteiger partial charge in [0.25, 0.3) is 0 Å². The second-order valence-electron chi connectivity index (χ2n) is 8.48. The fraction of sp³-hybridized carbons (Fsp3) is 1.00. The quantitative estimate of drug-likeness (QED) is 0.136. The molecule has 0 bridgehead atoms. The smallest absolute Gasteiger partial charge is 0.0992 e. The minimum absolute atomic E-state index is 0.115. The Balaban J connectivity index is 3.03. The van der Waals surface area contributed by atoms with Crippen LogP contribution in [0.1, 0.15) is 149 Å². The summed E-state index contributed by atoms with van der Waals surface area (Å²) >= 11 is 1.76. The zero-order valence-electron chi connectivity index (χ0n) is 19.0. The third-order valence-corrected chi connectivity index (χ3v) is 6.76. The van der Waals surface area contributed by atoms with E-state index in [1.54, 1.807) is 11.8 Å². The van der Waals surface area contributed by atoms with Crippen LogP contribution in [0.5, 0.6) is 0 Å². The molecule has 0 aromatic rings. The van der Waals surface area contributed by atoms with E-state index in [0.717, 1.165) is 18.6 Å². The Morgan fingerprint density at radius 3 is 1.19 bits per heavy atom. The molecular weight excluding hydrogens is 348 g/mol. The number of thioether (sulfide) groups is 1. The number of hydrogen-bond acceptors (Lipinski definition) is 2. The molecule has 0 aromatic carbocycles. The van der Waals surface area contributed by atoms with E-state index in [-0.39, 0.29) is 5.44 Å².